The van der Waals surface area contributed by atoms with Crippen LogP contribution in [0.4, 0.5) is 5.69 Å². The third kappa shape index (κ3) is 3.32. The van der Waals surface area contributed by atoms with Crippen LogP contribution in [-0.2, 0) is 0 Å². The summed E-state index contributed by atoms with van der Waals surface area (Å²) in [7, 11) is 0. The van der Waals surface area contributed by atoms with E-state index in [0.717, 1.165) is 10.2 Å². The monoisotopic (exact) mass is 290 g/mol. The minimum absolute atomic E-state index is 0.217. The van der Waals surface area contributed by atoms with Crippen molar-refractivity contribution in [1.29, 1.82) is 0 Å². The van der Waals surface area contributed by atoms with Gasteiger partial charge in [0.1, 0.15) is 5.75 Å². The molecule has 3 nitrogen and oxygen atoms in total. The summed E-state index contributed by atoms with van der Waals surface area (Å²) < 4.78 is 1.02. The number of benzene rings is 2. The SMILES string of the molecule is Oc1ccccc1/C=N/Nc1ccc(Br)cc1. The second-order valence-electron chi connectivity index (χ2n) is 3.44. The molecule has 2 aromatic carbocycles. The summed E-state index contributed by atoms with van der Waals surface area (Å²) in [5.41, 5.74) is 4.45. The lowest BCUT2D eigenvalue weighted by molar-refractivity contribution is 0.474. The average molecular weight is 291 g/mol. The van der Waals surface area contributed by atoms with Crippen molar-refractivity contribution in [2.45, 2.75) is 0 Å². The van der Waals surface area contributed by atoms with Crippen LogP contribution in [0.1, 0.15) is 5.56 Å². The number of hydrazone groups is 1. The summed E-state index contributed by atoms with van der Waals surface area (Å²) in [4.78, 5) is 0. The van der Waals surface area contributed by atoms with Gasteiger partial charge in [0.25, 0.3) is 0 Å². The van der Waals surface area contributed by atoms with Crippen LogP contribution in [0.5, 0.6) is 5.75 Å². The number of halogens is 1. The van der Waals surface area contributed by atoms with Crippen molar-refractivity contribution < 1.29 is 5.11 Å². The predicted molar refractivity (Wildman–Crippen MR) is 73.5 cm³/mol. The lowest BCUT2D eigenvalue weighted by atomic mass is 10.2. The Bertz CT molecular complexity index is 523. The fourth-order valence-corrected chi connectivity index (χ4v) is 1.56. The first kappa shape index (κ1) is 11.7. The zero-order valence-electron chi connectivity index (χ0n) is 8.97. The fraction of sp³-hybridized carbons (Fsp3) is 0. The van der Waals surface area contributed by atoms with E-state index >= 15 is 0 Å². The second-order valence-corrected chi connectivity index (χ2v) is 4.35. The molecule has 0 aromatic heterocycles. The molecule has 0 saturated heterocycles. The van der Waals surface area contributed by atoms with E-state index in [1.54, 1.807) is 24.4 Å². The van der Waals surface area contributed by atoms with Crippen LogP contribution in [0, 0.1) is 0 Å². The Morgan fingerprint density at radius 2 is 1.76 bits per heavy atom. The highest BCUT2D eigenvalue weighted by molar-refractivity contribution is 9.10. The Morgan fingerprint density at radius 3 is 2.47 bits per heavy atom. The van der Waals surface area contributed by atoms with Crippen molar-refractivity contribution in [1.82, 2.24) is 0 Å². The first-order chi connectivity index (χ1) is 8.25. The quantitative estimate of drug-likeness (QED) is 0.670. The van der Waals surface area contributed by atoms with Gasteiger partial charge in [0.05, 0.1) is 11.9 Å². The number of hydrogen-bond acceptors (Lipinski definition) is 3. The molecular formula is C13H11BrN2O. The third-order valence-electron chi connectivity index (χ3n) is 2.18. The Hall–Kier alpha value is -1.81. The molecule has 0 unspecified atom stereocenters. The highest BCUT2D eigenvalue weighted by atomic mass is 79.9. The van der Waals surface area contributed by atoms with Gasteiger partial charge >= 0.3 is 0 Å². The maximum Gasteiger partial charge on any atom is 0.124 e. The largest absolute Gasteiger partial charge is 0.507 e. The molecule has 0 spiro atoms. The van der Waals surface area contributed by atoms with E-state index < -0.39 is 0 Å². The summed E-state index contributed by atoms with van der Waals surface area (Å²) in [6, 6.07) is 14.7. The van der Waals surface area contributed by atoms with Gasteiger partial charge in [0.2, 0.25) is 0 Å². The van der Waals surface area contributed by atoms with Gasteiger partial charge in [-0.05, 0) is 36.4 Å². The summed E-state index contributed by atoms with van der Waals surface area (Å²) >= 11 is 3.36. The van der Waals surface area contributed by atoms with Crippen molar-refractivity contribution in [2.24, 2.45) is 5.10 Å². The van der Waals surface area contributed by atoms with Crippen LogP contribution >= 0.6 is 15.9 Å². The molecular weight excluding hydrogens is 280 g/mol. The number of nitrogens with zero attached hydrogens (tertiary/aromatic N) is 1. The molecule has 4 heteroatoms. The minimum Gasteiger partial charge on any atom is -0.507 e. The molecule has 0 heterocycles. The molecule has 0 aliphatic rings. The summed E-state index contributed by atoms with van der Waals surface area (Å²) in [5.74, 6) is 0.217. The first-order valence-electron chi connectivity index (χ1n) is 5.08. The van der Waals surface area contributed by atoms with Crippen molar-refractivity contribution in [3.05, 3.63) is 58.6 Å². The third-order valence-corrected chi connectivity index (χ3v) is 2.71. The van der Waals surface area contributed by atoms with Crippen molar-refractivity contribution in [2.75, 3.05) is 5.43 Å². The normalized spacial score (nSPS) is 10.6. The van der Waals surface area contributed by atoms with Crippen LogP contribution in [0.3, 0.4) is 0 Å². The van der Waals surface area contributed by atoms with E-state index in [4.69, 9.17) is 0 Å². The number of para-hydroxylation sites is 1. The Balaban J connectivity index is 2.03. The maximum atomic E-state index is 9.52. The van der Waals surface area contributed by atoms with E-state index in [-0.39, 0.29) is 5.75 Å². The number of hydrogen-bond donors (Lipinski definition) is 2. The molecule has 0 fully saturated rings. The maximum absolute atomic E-state index is 9.52. The molecule has 0 amide bonds. The number of phenols is 1. The number of aromatic hydroxyl groups is 1. The van der Waals surface area contributed by atoms with Gasteiger partial charge in [-0.3, -0.25) is 5.43 Å². The summed E-state index contributed by atoms with van der Waals surface area (Å²) in [6.07, 6.45) is 1.58. The van der Waals surface area contributed by atoms with Gasteiger partial charge in [-0.1, -0.05) is 28.1 Å². The van der Waals surface area contributed by atoms with Gasteiger partial charge < -0.3 is 5.11 Å². The average Bonchev–Trinajstić information content (AvgIpc) is 2.34. The highest BCUT2D eigenvalue weighted by Crippen LogP contribution is 2.15. The van der Waals surface area contributed by atoms with Gasteiger partial charge in [-0.15, -0.1) is 0 Å². The van der Waals surface area contributed by atoms with Crippen LogP contribution in [0.15, 0.2) is 58.1 Å². The lowest BCUT2D eigenvalue weighted by Crippen LogP contribution is -1.90. The van der Waals surface area contributed by atoms with E-state index in [9.17, 15) is 5.11 Å². The van der Waals surface area contributed by atoms with Crippen molar-refractivity contribution in [3.8, 4) is 5.75 Å². The van der Waals surface area contributed by atoms with Gasteiger partial charge in [0, 0.05) is 10.0 Å². The Morgan fingerprint density at radius 1 is 1.06 bits per heavy atom. The van der Waals surface area contributed by atoms with Gasteiger partial charge in [-0.2, -0.15) is 5.10 Å². The van der Waals surface area contributed by atoms with Gasteiger partial charge in [-0.25, -0.2) is 0 Å². The van der Waals surface area contributed by atoms with Crippen LogP contribution in [0.2, 0.25) is 0 Å². The molecule has 0 radical (unpaired) electrons. The molecule has 0 saturated carbocycles. The predicted octanol–water partition coefficient (Wildman–Crippen LogP) is 3.60. The van der Waals surface area contributed by atoms with E-state index in [1.807, 2.05) is 30.3 Å². The molecule has 0 aliphatic carbocycles. The molecule has 0 aliphatic heterocycles. The van der Waals surface area contributed by atoms with Crippen LogP contribution < -0.4 is 5.43 Å². The Kier molecular flexibility index (Phi) is 3.77. The zero-order chi connectivity index (χ0) is 12.1. The standard InChI is InChI=1S/C13H11BrN2O/c14-11-5-7-12(8-6-11)16-15-9-10-3-1-2-4-13(10)17/h1-9,16-17H/b15-9+. The highest BCUT2D eigenvalue weighted by Gasteiger charge is 1.94. The molecule has 17 heavy (non-hydrogen) atoms. The van der Waals surface area contributed by atoms with Crippen molar-refractivity contribution >= 4 is 27.8 Å². The molecule has 2 N–H and O–H groups in total. The number of phenolic OH excluding ortho intramolecular Hbond substituents is 1. The second kappa shape index (κ2) is 5.50. The lowest BCUT2D eigenvalue weighted by Gasteiger charge is -2.00. The molecule has 2 rings (SSSR count). The van der Waals surface area contributed by atoms with Crippen LogP contribution in [-0.4, -0.2) is 11.3 Å². The zero-order valence-corrected chi connectivity index (χ0v) is 10.6. The topological polar surface area (TPSA) is 44.6 Å². The van der Waals surface area contributed by atoms with E-state index in [0.29, 0.717) is 5.56 Å². The Labute approximate surface area is 108 Å². The van der Waals surface area contributed by atoms with E-state index in [2.05, 4.69) is 26.5 Å². The van der Waals surface area contributed by atoms with Crippen LogP contribution in [0.25, 0.3) is 0 Å². The van der Waals surface area contributed by atoms with Gasteiger partial charge in [0.15, 0.2) is 0 Å². The summed E-state index contributed by atoms with van der Waals surface area (Å²) in [5, 5.41) is 13.6. The molecule has 2 aromatic rings. The smallest absolute Gasteiger partial charge is 0.124 e. The molecule has 0 atom stereocenters. The van der Waals surface area contributed by atoms with E-state index in [1.165, 1.54) is 0 Å². The summed E-state index contributed by atoms with van der Waals surface area (Å²) in [6.45, 7) is 0. The van der Waals surface area contributed by atoms with Crippen molar-refractivity contribution in [3.63, 3.8) is 0 Å². The number of rotatable bonds is 3. The molecule has 86 valence electrons. The number of nitrogens with one attached hydrogen (secondary N) is 1. The fourth-order valence-electron chi connectivity index (χ4n) is 1.30. The molecule has 0 bridgehead atoms. The first-order valence-corrected chi connectivity index (χ1v) is 5.87. The number of anilines is 1. The minimum atomic E-state index is 0.217.